The maximum atomic E-state index is 12.6. The van der Waals surface area contributed by atoms with Crippen molar-refractivity contribution in [2.45, 2.75) is 161 Å². The first-order chi connectivity index (χ1) is 26.2. The fourth-order valence-corrected chi connectivity index (χ4v) is 5.81. The van der Waals surface area contributed by atoms with Crippen molar-refractivity contribution < 1.29 is 42.7 Å². The summed E-state index contributed by atoms with van der Waals surface area (Å²) < 4.78 is 33.2. The molecule has 4 N–H and O–H groups in total. The lowest BCUT2D eigenvalue weighted by Gasteiger charge is -2.20. The molecule has 0 aliphatic rings. The van der Waals surface area contributed by atoms with Gasteiger partial charge in [-0.25, -0.2) is 4.57 Å². The van der Waals surface area contributed by atoms with Gasteiger partial charge < -0.3 is 25.2 Å². The van der Waals surface area contributed by atoms with Crippen molar-refractivity contribution in [3.63, 3.8) is 0 Å². The number of hydrogen-bond acceptors (Lipinski definition) is 8. The van der Waals surface area contributed by atoms with Crippen LogP contribution in [0.5, 0.6) is 0 Å². The smallest absolute Gasteiger partial charge is 0.472 e. The monoisotopic (exact) mass is 780 g/mol. The van der Waals surface area contributed by atoms with Gasteiger partial charge in [0.15, 0.2) is 0 Å². The highest BCUT2D eigenvalue weighted by Crippen LogP contribution is 2.43. The van der Waals surface area contributed by atoms with Crippen LogP contribution in [0.25, 0.3) is 0 Å². The molecule has 0 saturated carbocycles. The topological polar surface area (TPSA) is 155 Å². The summed E-state index contributed by atoms with van der Waals surface area (Å²) >= 11 is 0. The Hall–Kier alpha value is -2.59. The van der Waals surface area contributed by atoms with E-state index in [1.807, 2.05) is 0 Å². The number of nitrogens with two attached hydrogens (primary N) is 1. The molecule has 0 aromatic heterocycles. The van der Waals surface area contributed by atoms with Crippen LogP contribution in [0, 0.1) is 0 Å². The van der Waals surface area contributed by atoms with Gasteiger partial charge in [0.1, 0.15) is 12.1 Å². The van der Waals surface area contributed by atoms with Crippen LogP contribution >= 0.6 is 7.82 Å². The molecule has 3 unspecified atom stereocenters. The molecule has 0 saturated heterocycles. The number of rotatable bonds is 38. The molecule has 0 radical (unpaired) electrons. The molecule has 0 aliphatic heterocycles. The van der Waals surface area contributed by atoms with E-state index < -0.39 is 45.1 Å². The van der Waals surface area contributed by atoms with Gasteiger partial charge in [0, 0.05) is 13.0 Å². The van der Waals surface area contributed by atoms with E-state index in [2.05, 4.69) is 86.8 Å². The zero-order chi connectivity index (χ0) is 39.8. The first kappa shape index (κ1) is 51.4. The van der Waals surface area contributed by atoms with Crippen molar-refractivity contribution in [2.75, 3.05) is 26.4 Å². The van der Waals surface area contributed by atoms with Crippen molar-refractivity contribution in [1.82, 2.24) is 0 Å². The molecular formula is C43H74NO9P. The number of esters is 1. The lowest BCUT2D eigenvalue weighted by Crippen LogP contribution is -2.34. The van der Waals surface area contributed by atoms with Crippen LogP contribution in [0.1, 0.15) is 149 Å². The standard InChI is InChI=1S/C43H74NO9P/c1-3-5-7-9-11-13-15-17-19-20-22-24-26-28-30-32-34-36-50-37-40(38-51-54(48,49)52-39-41(44)43(46)47)53-42(45)35-33-31-29-27-25-23-21-18-16-14-12-10-8-6-4-2/h6,8,12-15,18-21,25,27,40-41H,3-5,7,9-11,16-17,22-24,26,28-39,44H2,1-2H3,(H,46,47)(H,48,49)/b8-6-,14-12-,15-13-,20-19-,21-18-,27-25-. The third kappa shape index (κ3) is 37.7. The van der Waals surface area contributed by atoms with E-state index in [9.17, 15) is 19.0 Å². The molecule has 3 atom stereocenters. The van der Waals surface area contributed by atoms with Crippen molar-refractivity contribution in [1.29, 1.82) is 0 Å². The normalized spacial score (nSPS) is 14.7. The number of unbranched alkanes of at least 4 members (excludes halogenated alkanes) is 12. The molecule has 11 heteroatoms. The Morgan fingerprint density at radius 1 is 0.611 bits per heavy atom. The predicted molar refractivity (Wildman–Crippen MR) is 221 cm³/mol. The second-order valence-electron chi connectivity index (χ2n) is 13.4. The molecule has 0 aromatic carbocycles. The lowest BCUT2D eigenvalue weighted by atomic mass is 10.1. The highest BCUT2D eigenvalue weighted by molar-refractivity contribution is 7.47. The van der Waals surface area contributed by atoms with E-state index in [1.165, 1.54) is 51.4 Å². The molecule has 0 spiro atoms. The third-order valence-electron chi connectivity index (χ3n) is 8.22. The van der Waals surface area contributed by atoms with Gasteiger partial charge in [-0.2, -0.15) is 0 Å². The number of carboxylic acid groups (broad SMARTS) is 1. The third-order valence-corrected chi connectivity index (χ3v) is 9.17. The van der Waals surface area contributed by atoms with Crippen molar-refractivity contribution in [3.8, 4) is 0 Å². The molecule has 0 heterocycles. The summed E-state index contributed by atoms with van der Waals surface area (Å²) in [5.74, 6) is -1.83. The number of hydrogen-bond donors (Lipinski definition) is 3. The molecule has 0 aliphatic carbocycles. The summed E-state index contributed by atoms with van der Waals surface area (Å²) in [5.41, 5.74) is 5.34. The van der Waals surface area contributed by atoms with Crippen LogP contribution in [-0.4, -0.2) is 60.5 Å². The molecular weight excluding hydrogens is 705 g/mol. The molecule has 54 heavy (non-hydrogen) atoms. The highest BCUT2D eigenvalue weighted by Gasteiger charge is 2.27. The van der Waals surface area contributed by atoms with Crippen LogP contribution < -0.4 is 5.73 Å². The maximum Gasteiger partial charge on any atom is 0.472 e. The first-order valence-corrected chi connectivity index (χ1v) is 22.0. The van der Waals surface area contributed by atoms with Crippen molar-refractivity contribution in [2.24, 2.45) is 5.73 Å². The molecule has 0 fully saturated rings. The fraction of sp³-hybridized carbons (Fsp3) is 0.674. The summed E-state index contributed by atoms with van der Waals surface area (Å²) in [6.45, 7) is 3.65. The number of carbonyl (C=O) groups is 2. The van der Waals surface area contributed by atoms with Crippen LogP contribution in [0.3, 0.4) is 0 Å². The van der Waals surface area contributed by atoms with Gasteiger partial charge in [0.05, 0.1) is 19.8 Å². The number of aliphatic carboxylic acids is 1. The van der Waals surface area contributed by atoms with Gasteiger partial charge in [-0.1, -0.05) is 132 Å². The Kier molecular flexibility index (Phi) is 36.8. The Bertz CT molecular complexity index is 1130. The quantitative estimate of drug-likeness (QED) is 0.0239. The minimum Gasteiger partial charge on any atom is -0.480 e. The Morgan fingerprint density at radius 3 is 1.61 bits per heavy atom. The summed E-state index contributed by atoms with van der Waals surface area (Å²) in [5, 5.41) is 8.88. The number of phosphoric acid groups is 1. The van der Waals surface area contributed by atoms with Gasteiger partial charge in [0.2, 0.25) is 0 Å². The van der Waals surface area contributed by atoms with Crippen LogP contribution in [0.15, 0.2) is 72.9 Å². The Morgan fingerprint density at radius 2 is 1.07 bits per heavy atom. The maximum absolute atomic E-state index is 12.6. The molecule has 0 bridgehead atoms. The molecule has 0 rings (SSSR count). The van der Waals surface area contributed by atoms with Crippen LogP contribution in [-0.2, 0) is 32.7 Å². The summed E-state index contributed by atoms with van der Waals surface area (Å²) in [4.78, 5) is 33.5. The minimum absolute atomic E-state index is 0.0112. The number of phosphoric ester groups is 1. The zero-order valence-electron chi connectivity index (χ0n) is 33.5. The molecule has 0 amide bonds. The van der Waals surface area contributed by atoms with Gasteiger partial charge in [0.25, 0.3) is 0 Å². The summed E-state index contributed by atoms with van der Waals surface area (Å²) in [6, 6.07) is -1.48. The number of allylic oxidation sites excluding steroid dienone is 12. The number of carboxylic acids is 1. The molecule has 0 aromatic rings. The second-order valence-corrected chi connectivity index (χ2v) is 14.8. The number of ether oxygens (including phenoxy) is 2. The van der Waals surface area contributed by atoms with Crippen molar-refractivity contribution >= 4 is 19.8 Å². The summed E-state index contributed by atoms with van der Waals surface area (Å²) in [7, 11) is -4.63. The van der Waals surface area contributed by atoms with Crippen LogP contribution in [0.4, 0.5) is 0 Å². The first-order valence-electron chi connectivity index (χ1n) is 20.5. The average Bonchev–Trinajstić information content (AvgIpc) is 3.15. The lowest BCUT2D eigenvalue weighted by molar-refractivity contribution is -0.154. The predicted octanol–water partition coefficient (Wildman–Crippen LogP) is 11.0. The zero-order valence-corrected chi connectivity index (χ0v) is 34.4. The van der Waals surface area contributed by atoms with Gasteiger partial charge in [-0.3, -0.25) is 18.6 Å². The van der Waals surface area contributed by atoms with E-state index in [4.69, 9.17) is 29.4 Å². The van der Waals surface area contributed by atoms with Crippen molar-refractivity contribution in [3.05, 3.63) is 72.9 Å². The SMILES string of the molecule is CC/C=C\C/C=C\C/C=C\C/C=C\CCCCC(=O)OC(COCCCCCCCC/C=C\C/C=C\CCCCCC)COP(=O)(O)OCC(N)C(=O)O. The van der Waals surface area contributed by atoms with E-state index in [0.717, 1.165) is 70.6 Å². The van der Waals surface area contributed by atoms with E-state index >= 15 is 0 Å². The van der Waals surface area contributed by atoms with Gasteiger partial charge in [-0.05, 0) is 83.5 Å². The molecule has 10 nitrogen and oxygen atoms in total. The largest absolute Gasteiger partial charge is 0.480 e. The average molecular weight is 780 g/mol. The van der Waals surface area contributed by atoms with E-state index in [1.54, 1.807) is 0 Å². The second kappa shape index (κ2) is 38.7. The summed E-state index contributed by atoms with van der Waals surface area (Å²) in [6.07, 6.45) is 46.7. The molecule has 310 valence electrons. The van der Waals surface area contributed by atoms with Gasteiger partial charge >= 0.3 is 19.8 Å². The number of carbonyl (C=O) groups excluding carboxylic acids is 1. The van der Waals surface area contributed by atoms with E-state index in [0.29, 0.717) is 13.0 Å². The fourth-order valence-electron chi connectivity index (χ4n) is 5.03. The minimum atomic E-state index is -4.63. The van der Waals surface area contributed by atoms with Gasteiger partial charge in [-0.15, -0.1) is 0 Å². The highest BCUT2D eigenvalue weighted by atomic mass is 31.2. The van der Waals surface area contributed by atoms with Crippen LogP contribution in [0.2, 0.25) is 0 Å². The van der Waals surface area contributed by atoms with E-state index in [-0.39, 0.29) is 13.0 Å². The Labute approximate surface area is 327 Å². The Balaban J connectivity index is 4.38.